The van der Waals surface area contributed by atoms with E-state index in [1.165, 1.54) is 0 Å². The molecule has 2 heterocycles. The Morgan fingerprint density at radius 2 is 1.74 bits per heavy atom. The normalized spacial score (nSPS) is 12.1. The number of aromatic nitrogens is 3. The van der Waals surface area contributed by atoms with Gasteiger partial charge in [-0.25, -0.2) is 4.98 Å². The number of aliphatic hydroxyl groups excluding tert-OH is 1. The van der Waals surface area contributed by atoms with E-state index in [2.05, 4.69) is 40.8 Å². The molecule has 0 aliphatic heterocycles. The molecular formula is C24H32N4O3. The largest absolute Gasteiger partial charge is 0.496 e. The minimum absolute atomic E-state index is 0.458. The molecule has 2 aromatic heterocycles. The van der Waals surface area contributed by atoms with Crippen LogP contribution in [0.3, 0.4) is 0 Å². The highest BCUT2D eigenvalue weighted by Gasteiger charge is 2.18. The summed E-state index contributed by atoms with van der Waals surface area (Å²) in [6, 6.07) is 7.94. The van der Waals surface area contributed by atoms with Gasteiger partial charge in [0.2, 0.25) is 5.82 Å². The average molecular weight is 425 g/mol. The van der Waals surface area contributed by atoms with Crippen molar-refractivity contribution in [2.24, 2.45) is 0 Å². The summed E-state index contributed by atoms with van der Waals surface area (Å²) in [6.07, 6.45) is 0.810. The highest BCUT2D eigenvalue weighted by molar-refractivity contribution is 5.65. The first-order valence-corrected chi connectivity index (χ1v) is 10.9. The molecule has 1 aromatic carbocycles. The monoisotopic (exact) mass is 424 g/mol. The Hall–Kier alpha value is -2.93. The van der Waals surface area contributed by atoms with Gasteiger partial charge in [-0.05, 0) is 69.5 Å². The van der Waals surface area contributed by atoms with Crippen LogP contribution in [0, 0.1) is 6.92 Å². The van der Waals surface area contributed by atoms with Gasteiger partial charge < -0.3 is 19.3 Å². The SMILES string of the molecule is CCc1cc(-c2noc(-c3cc(C)nc(N(CC)CC)c3)n2)cc(C[C@@H](C)O)c1OC. The molecule has 31 heavy (non-hydrogen) atoms. The fourth-order valence-corrected chi connectivity index (χ4v) is 3.82. The number of nitrogens with zero attached hydrogens (tertiary/aromatic N) is 4. The lowest BCUT2D eigenvalue weighted by Crippen LogP contribution is -2.23. The molecule has 0 bridgehead atoms. The molecule has 7 heteroatoms. The summed E-state index contributed by atoms with van der Waals surface area (Å²) < 4.78 is 11.2. The summed E-state index contributed by atoms with van der Waals surface area (Å²) in [7, 11) is 1.66. The number of anilines is 1. The summed E-state index contributed by atoms with van der Waals surface area (Å²) in [5, 5.41) is 14.2. The van der Waals surface area contributed by atoms with Crippen LogP contribution in [-0.2, 0) is 12.8 Å². The van der Waals surface area contributed by atoms with Gasteiger partial charge in [-0.15, -0.1) is 0 Å². The third-order valence-electron chi connectivity index (χ3n) is 5.30. The Labute approximate surface area is 184 Å². The van der Waals surface area contributed by atoms with Gasteiger partial charge in [0, 0.05) is 36.3 Å². The first kappa shape index (κ1) is 22.7. The molecule has 0 radical (unpaired) electrons. The van der Waals surface area contributed by atoms with E-state index in [1.54, 1.807) is 14.0 Å². The van der Waals surface area contributed by atoms with Crippen LogP contribution in [0.25, 0.3) is 22.8 Å². The number of hydrogen-bond acceptors (Lipinski definition) is 7. The lowest BCUT2D eigenvalue weighted by Gasteiger charge is -2.20. The smallest absolute Gasteiger partial charge is 0.258 e. The van der Waals surface area contributed by atoms with E-state index < -0.39 is 6.10 Å². The van der Waals surface area contributed by atoms with Crippen LogP contribution in [0.4, 0.5) is 5.82 Å². The second-order valence-electron chi connectivity index (χ2n) is 7.69. The average Bonchev–Trinajstić information content (AvgIpc) is 3.23. The molecule has 1 atom stereocenters. The van der Waals surface area contributed by atoms with Crippen LogP contribution >= 0.6 is 0 Å². The predicted octanol–water partition coefficient (Wildman–Crippen LogP) is 4.45. The molecule has 0 spiro atoms. The van der Waals surface area contributed by atoms with Gasteiger partial charge in [0.05, 0.1) is 13.2 Å². The molecule has 0 aliphatic carbocycles. The minimum Gasteiger partial charge on any atom is -0.496 e. The van der Waals surface area contributed by atoms with Gasteiger partial charge in [-0.3, -0.25) is 0 Å². The number of aryl methyl sites for hydroxylation is 2. The van der Waals surface area contributed by atoms with Crippen LogP contribution in [-0.4, -0.2) is 46.5 Å². The lowest BCUT2D eigenvalue weighted by molar-refractivity contribution is 0.194. The number of ether oxygens (including phenoxy) is 1. The molecule has 3 aromatic rings. The van der Waals surface area contributed by atoms with Gasteiger partial charge in [-0.2, -0.15) is 4.98 Å². The first-order valence-electron chi connectivity index (χ1n) is 10.9. The van der Waals surface area contributed by atoms with Crippen molar-refractivity contribution in [2.45, 2.75) is 53.6 Å². The summed E-state index contributed by atoms with van der Waals surface area (Å²) >= 11 is 0. The quantitative estimate of drug-likeness (QED) is 0.543. The van der Waals surface area contributed by atoms with E-state index in [-0.39, 0.29) is 0 Å². The molecule has 0 unspecified atom stereocenters. The van der Waals surface area contributed by atoms with Crippen molar-refractivity contribution >= 4 is 5.82 Å². The molecule has 0 amide bonds. The van der Waals surface area contributed by atoms with Crippen molar-refractivity contribution in [1.29, 1.82) is 0 Å². The maximum atomic E-state index is 9.93. The first-order chi connectivity index (χ1) is 14.9. The van der Waals surface area contributed by atoms with Gasteiger partial charge in [0.25, 0.3) is 5.89 Å². The maximum absolute atomic E-state index is 9.93. The number of pyridine rings is 1. The molecule has 0 saturated carbocycles. The number of methoxy groups -OCH3 is 1. The fraction of sp³-hybridized carbons (Fsp3) is 0.458. The summed E-state index contributed by atoms with van der Waals surface area (Å²) in [4.78, 5) is 11.5. The Morgan fingerprint density at radius 3 is 2.35 bits per heavy atom. The Kier molecular flexibility index (Phi) is 7.28. The summed E-state index contributed by atoms with van der Waals surface area (Å²) in [6.45, 7) is 11.8. The topological polar surface area (TPSA) is 84.5 Å². The van der Waals surface area contributed by atoms with Gasteiger partial charge in [-0.1, -0.05) is 12.1 Å². The Bertz CT molecular complexity index is 1030. The summed E-state index contributed by atoms with van der Waals surface area (Å²) in [5.74, 6) is 2.68. The second kappa shape index (κ2) is 9.92. The fourth-order valence-electron chi connectivity index (χ4n) is 3.82. The highest BCUT2D eigenvalue weighted by Crippen LogP contribution is 2.32. The van der Waals surface area contributed by atoms with E-state index in [1.807, 2.05) is 31.2 Å². The van der Waals surface area contributed by atoms with Gasteiger partial charge in [0.15, 0.2) is 0 Å². The van der Waals surface area contributed by atoms with E-state index in [9.17, 15) is 5.11 Å². The van der Waals surface area contributed by atoms with Crippen LogP contribution in [0.1, 0.15) is 44.5 Å². The van der Waals surface area contributed by atoms with Crippen molar-refractivity contribution in [2.75, 3.05) is 25.1 Å². The zero-order chi connectivity index (χ0) is 22.5. The molecule has 3 rings (SSSR count). The molecule has 0 fully saturated rings. The zero-order valence-corrected chi connectivity index (χ0v) is 19.3. The van der Waals surface area contributed by atoms with Crippen LogP contribution in [0.5, 0.6) is 5.75 Å². The summed E-state index contributed by atoms with van der Waals surface area (Å²) in [5.41, 5.74) is 4.57. The van der Waals surface area contributed by atoms with Crippen molar-refractivity contribution < 1.29 is 14.4 Å². The standard InChI is InChI=1S/C24H32N4O3/c1-7-17-12-19(13-18(11-16(5)29)22(17)30-6)23-26-24(31-27-23)20-10-15(4)25-21(14-20)28(8-2)9-3/h10,12-14,16,29H,7-9,11H2,1-6H3/t16-/m1/s1. The highest BCUT2D eigenvalue weighted by atomic mass is 16.5. The Balaban J connectivity index is 2.03. The van der Waals surface area contributed by atoms with Crippen LogP contribution in [0.15, 0.2) is 28.8 Å². The molecule has 166 valence electrons. The lowest BCUT2D eigenvalue weighted by atomic mass is 9.98. The number of aliphatic hydroxyl groups is 1. The van der Waals surface area contributed by atoms with E-state index in [0.717, 1.165) is 59.0 Å². The van der Waals surface area contributed by atoms with Crippen molar-refractivity contribution in [1.82, 2.24) is 15.1 Å². The third-order valence-corrected chi connectivity index (χ3v) is 5.30. The molecular weight excluding hydrogens is 392 g/mol. The van der Waals surface area contributed by atoms with Crippen LogP contribution < -0.4 is 9.64 Å². The number of benzene rings is 1. The van der Waals surface area contributed by atoms with E-state index in [4.69, 9.17) is 9.26 Å². The number of hydrogen-bond donors (Lipinski definition) is 1. The zero-order valence-electron chi connectivity index (χ0n) is 19.3. The predicted molar refractivity (Wildman–Crippen MR) is 123 cm³/mol. The van der Waals surface area contributed by atoms with Gasteiger partial charge in [0.1, 0.15) is 11.6 Å². The van der Waals surface area contributed by atoms with E-state index in [0.29, 0.717) is 18.1 Å². The molecule has 0 saturated heterocycles. The van der Waals surface area contributed by atoms with Crippen molar-refractivity contribution in [3.8, 4) is 28.6 Å². The molecule has 7 nitrogen and oxygen atoms in total. The van der Waals surface area contributed by atoms with Gasteiger partial charge >= 0.3 is 0 Å². The minimum atomic E-state index is -0.479. The van der Waals surface area contributed by atoms with E-state index >= 15 is 0 Å². The molecule has 1 N–H and O–H groups in total. The second-order valence-corrected chi connectivity index (χ2v) is 7.69. The van der Waals surface area contributed by atoms with Crippen LogP contribution in [0.2, 0.25) is 0 Å². The third kappa shape index (κ3) is 5.05. The molecule has 0 aliphatic rings. The van der Waals surface area contributed by atoms with Crippen molar-refractivity contribution in [3.05, 3.63) is 41.1 Å². The maximum Gasteiger partial charge on any atom is 0.258 e. The van der Waals surface area contributed by atoms with Crippen molar-refractivity contribution in [3.63, 3.8) is 0 Å². The Morgan fingerprint density at radius 1 is 1.03 bits per heavy atom. The number of rotatable bonds is 9.